The van der Waals surface area contributed by atoms with E-state index in [4.69, 9.17) is 0 Å². The number of aromatic nitrogens is 2. The van der Waals surface area contributed by atoms with E-state index < -0.39 is 0 Å². The highest BCUT2D eigenvalue weighted by Crippen LogP contribution is 2.44. The minimum Gasteiger partial charge on any atom is -0.307 e. The number of nitrogens with zero attached hydrogens (tertiary/aromatic N) is 2. The lowest BCUT2D eigenvalue weighted by Gasteiger charge is -2.42. The van der Waals surface area contributed by atoms with E-state index in [1.165, 1.54) is 18.4 Å². The fourth-order valence-corrected chi connectivity index (χ4v) is 2.58. The van der Waals surface area contributed by atoms with Crippen molar-refractivity contribution < 1.29 is 0 Å². The van der Waals surface area contributed by atoms with Crippen molar-refractivity contribution in [1.82, 2.24) is 15.3 Å². The summed E-state index contributed by atoms with van der Waals surface area (Å²) in [7, 11) is 0. The number of rotatable bonds is 1. The molecule has 1 fully saturated rings. The molecule has 0 aliphatic carbocycles. The van der Waals surface area contributed by atoms with Crippen molar-refractivity contribution in [1.29, 1.82) is 0 Å². The Kier molecular flexibility index (Phi) is 2.51. The molecule has 0 amide bonds. The summed E-state index contributed by atoms with van der Waals surface area (Å²) in [5.74, 6) is 0. The first-order chi connectivity index (χ1) is 7.06. The molecule has 15 heavy (non-hydrogen) atoms. The van der Waals surface area contributed by atoms with Crippen LogP contribution < -0.4 is 5.32 Å². The van der Waals surface area contributed by atoms with Crippen LogP contribution in [0.25, 0.3) is 0 Å². The Morgan fingerprint density at radius 1 is 1.27 bits per heavy atom. The Labute approximate surface area is 91.3 Å². The summed E-state index contributed by atoms with van der Waals surface area (Å²) in [6, 6.07) is 0. The molecule has 3 nitrogen and oxygen atoms in total. The first-order valence-corrected chi connectivity index (χ1v) is 5.57. The van der Waals surface area contributed by atoms with Gasteiger partial charge in [-0.25, -0.2) is 9.97 Å². The van der Waals surface area contributed by atoms with E-state index in [1.807, 2.05) is 12.4 Å². The summed E-state index contributed by atoms with van der Waals surface area (Å²) in [6.07, 6.45) is 7.87. The molecule has 3 heteroatoms. The zero-order chi connectivity index (χ0) is 10.9. The molecule has 0 aromatic carbocycles. The van der Waals surface area contributed by atoms with Crippen molar-refractivity contribution in [3.05, 3.63) is 24.3 Å². The molecule has 1 aromatic rings. The Hall–Kier alpha value is -0.960. The second-order valence-corrected chi connectivity index (χ2v) is 5.31. The van der Waals surface area contributed by atoms with Crippen LogP contribution in [-0.4, -0.2) is 16.5 Å². The lowest BCUT2D eigenvalue weighted by Crippen LogP contribution is -2.48. The largest absolute Gasteiger partial charge is 0.307 e. The van der Waals surface area contributed by atoms with E-state index in [0.717, 1.165) is 6.54 Å². The summed E-state index contributed by atoms with van der Waals surface area (Å²) in [4.78, 5) is 8.27. The second-order valence-electron chi connectivity index (χ2n) is 5.31. The van der Waals surface area contributed by atoms with E-state index in [0.29, 0.717) is 0 Å². The molecule has 0 radical (unpaired) electrons. The van der Waals surface area contributed by atoms with E-state index >= 15 is 0 Å². The van der Waals surface area contributed by atoms with Crippen LogP contribution in [0.1, 0.15) is 39.2 Å². The Balaban J connectivity index is 2.44. The van der Waals surface area contributed by atoms with Gasteiger partial charge < -0.3 is 5.32 Å². The molecule has 1 N–H and O–H groups in total. The Morgan fingerprint density at radius 3 is 2.40 bits per heavy atom. The van der Waals surface area contributed by atoms with Gasteiger partial charge in [-0.2, -0.15) is 0 Å². The van der Waals surface area contributed by atoms with Crippen LogP contribution in [0.4, 0.5) is 0 Å². The van der Waals surface area contributed by atoms with Crippen LogP contribution in [0, 0.1) is 5.41 Å². The molecule has 1 aromatic heterocycles. The van der Waals surface area contributed by atoms with E-state index in [1.54, 1.807) is 6.33 Å². The van der Waals surface area contributed by atoms with Crippen molar-refractivity contribution in [2.45, 2.75) is 39.2 Å². The molecule has 1 unspecified atom stereocenters. The normalized spacial score (nSPS) is 26.9. The van der Waals surface area contributed by atoms with E-state index in [9.17, 15) is 0 Å². The molecule has 0 spiro atoms. The highest BCUT2D eigenvalue weighted by atomic mass is 15.0. The third-order valence-electron chi connectivity index (χ3n) is 3.49. The maximum Gasteiger partial charge on any atom is 0.115 e. The minimum atomic E-state index is 0.0499. The van der Waals surface area contributed by atoms with Gasteiger partial charge in [0.25, 0.3) is 0 Å². The molecule has 1 saturated heterocycles. The van der Waals surface area contributed by atoms with Crippen molar-refractivity contribution in [3.63, 3.8) is 0 Å². The monoisotopic (exact) mass is 205 g/mol. The predicted octanol–water partition coefficient (Wildman–Crippen LogP) is 2.10. The maximum atomic E-state index is 4.14. The van der Waals surface area contributed by atoms with Crippen LogP contribution >= 0.6 is 0 Å². The molecule has 2 heterocycles. The van der Waals surface area contributed by atoms with Crippen LogP contribution in [-0.2, 0) is 5.54 Å². The predicted molar refractivity (Wildman–Crippen MR) is 60.4 cm³/mol. The topological polar surface area (TPSA) is 37.8 Å². The van der Waals surface area contributed by atoms with Gasteiger partial charge in [-0.3, -0.25) is 0 Å². The highest BCUT2D eigenvalue weighted by Gasteiger charge is 2.45. The summed E-state index contributed by atoms with van der Waals surface area (Å²) >= 11 is 0. The van der Waals surface area contributed by atoms with Gasteiger partial charge >= 0.3 is 0 Å². The number of hydrogen-bond acceptors (Lipinski definition) is 3. The van der Waals surface area contributed by atoms with Crippen molar-refractivity contribution in [2.75, 3.05) is 6.54 Å². The highest BCUT2D eigenvalue weighted by molar-refractivity contribution is 5.23. The van der Waals surface area contributed by atoms with Crippen molar-refractivity contribution >= 4 is 0 Å². The van der Waals surface area contributed by atoms with Gasteiger partial charge in [0.2, 0.25) is 0 Å². The number of hydrogen-bond donors (Lipinski definition) is 1. The third kappa shape index (κ3) is 1.65. The van der Waals surface area contributed by atoms with E-state index in [-0.39, 0.29) is 11.0 Å². The Bertz CT molecular complexity index is 320. The molecular weight excluding hydrogens is 186 g/mol. The Morgan fingerprint density at radius 2 is 1.93 bits per heavy atom. The molecule has 0 saturated carbocycles. The van der Waals surface area contributed by atoms with Gasteiger partial charge in [0.1, 0.15) is 6.33 Å². The maximum absolute atomic E-state index is 4.14. The smallest absolute Gasteiger partial charge is 0.115 e. The fraction of sp³-hybridized carbons (Fsp3) is 0.667. The van der Waals surface area contributed by atoms with Crippen LogP contribution in [0.15, 0.2) is 18.7 Å². The summed E-state index contributed by atoms with van der Waals surface area (Å²) in [5.41, 5.74) is 1.46. The molecule has 1 atom stereocenters. The summed E-state index contributed by atoms with van der Waals surface area (Å²) in [6.45, 7) is 7.92. The quantitative estimate of drug-likeness (QED) is 0.763. The molecular formula is C12H19N3. The molecule has 0 bridgehead atoms. The van der Waals surface area contributed by atoms with Crippen LogP contribution in [0.2, 0.25) is 0 Å². The first-order valence-electron chi connectivity index (χ1n) is 5.57. The summed E-state index contributed by atoms with van der Waals surface area (Å²) in [5, 5.41) is 3.65. The molecule has 2 rings (SSSR count). The SMILES string of the molecule is CC(C)(C)C1(c2cncnc2)CCCN1. The van der Waals surface area contributed by atoms with Crippen molar-refractivity contribution in [2.24, 2.45) is 5.41 Å². The van der Waals surface area contributed by atoms with E-state index in [2.05, 4.69) is 36.1 Å². The fourth-order valence-electron chi connectivity index (χ4n) is 2.58. The van der Waals surface area contributed by atoms with Crippen molar-refractivity contribution in [3.8, 4) is 0 Å². The zero-order valence-corrected chi connectivity index (χ0v) is 9.75. The van der Waals surface area contributed by atoms with Gasteiger partial charge in [0, 0.05) is 18.0 Å². The van der Waals surface area contributed by atoms with Gasteiger partial charge in [-0.05, 0) is 24.8 Å². The lowest BCUT2D eigenvalue weighted by atomic mass is 9.69. The average Bonchev–Trinajstić information content (AvgIpc) is 2.68. The third-order valence-corrected chi connectivity index (χ3v) is 3.49. The molecule has 1 aliphatic rings. The van der Waals surface area contributed by atoms with Gasteiger partial charge in [0.15, 0.2) is 0 Å². The lowest BCUT2D eigenvalue weighted by molar-refractivity contribution is 0.159. The standard InChI is InChI=1S/C12H19N3/c1-11(2,3)12(5-4-6-15-12)10-7-13-9-14-8-10/h7-9,15H,4-6H2,1-3H3. The average molecular weight is 205 g/mol. The number of nitrogens with one attached hydrogen (secondary N) is 1. The zero-order valence-electron chi connectivity index (χ0n) is 9.75. The van der Waals surface area contributed by atoms with Crippen LogP contribution in [0.5, 0.6) is 0 Å². The van der Waals surface area contributed by atoms with Gasteiger partial charge in [-0.1, -0.05) is 20.8 Å². The second kappa shape index (κ2) is 3.56. The van der Waals surface area contributed by atoms with Crippen LogP contribution in [0.3, 0.4) is 0 Å². The molecule has 1 aliphatic heterocycles. The molecule has 82 valence electrons. The first kappa shape index (κ1) is 10.6. The minimum absolute atomic E-state index is 0.0499. The van der Waals surface area contributed by atoms with Gasteiger partial charge in [0.05, 0.1) is 5.54 Å². The summed E-state index contributed by atoms with van der Waals surface area (Å²) < 4.78 is 0. The van der Waals surface area contributed by atoms with Gasteiger partial charge in [-0.15, -0.1) is 0 Å².